The molecule has 2 aliphatic rings. The maximum atomic E-state index is 12.6. The molecule has 2 fully saturated rings. The van der Waals surface area contributed by atoms with Gasteiger partial charge >= 0.3 is 0 Å². The molecule has 1 saturated heterocycles. The quantitative estimate of drug-likeness (QED) is 0.316. The van der Waals surface area contributed by atoms with Crippen molar-refractivity contribution in [1.29, 1.82) is 0 Å². The maximum absolute atomic E-state index is 12.6. The van der Waals surface area contributed by atoms with Gasteiger partial charge in [-0.3, -0.25) is 4.99 Å². The number of aliphatic imine (C=N–C) groups is 1. The van der Waals surface area contributed by atoms with E-state index in [9.17, 15) is 8.42 Å². The van der Waals surface area contributed by atoms with Crippen molar-refractivity contribution < 1.29 is 13.2 Å². The molecule has 1 aliphatic heterocycles. The lowest BCUT2D eigenvalue weighted by Gasteiger charge is -2.34. The number of sulfonamides is 1. The van der Waals surface area contributed by atoms with Gasteiger partial charge in [-0.25, -0.2) is 8.42 Å². The zero-order valence-corrected chi connectivity index (χ0v) is 20.6. The molecular formula is C20H33IN4O3S. The molecule has 2 N–H and O–H groups in total. The second kappa shape index (κ2) is 10.4. The van der Waals surface area contributed by atoms with Gasteiger partial charge in [-0.1, -0.05) is 30.3 Å². The van der Waals surface area contributed by atoms with E-state index >= 15 is 0 Å². The van der Waals surface area contributed by atoms with Gasteiger partial charge in [-0.2, -0.15) is 4.31 Å². The van der Waals surface area contributed by atoms with Crippen LogP contribution in [0.1, 0.15) is 32.3 Å². The van der Waals surface area contributed by atoms with Crippen molar-refractivity contribution in [2.24, 2.45) is 4.99 Å². The van der Waals surface area contributed by atoms with Crippen molar-refractivity contribution in [2.75, 3.05) is 39.0 Å². The van der Waals surface area contributed by atoms with E-state index in [2.05, 4.69) is 39.9 Å². The maximum Gasteiger partial charge on any atom is 0.216 e. The first-order valence-electron chi connectivity index (χ1n) is 9.98. The highest BCUT2D eigenvalue weighted by atomic mass is 127. The summed E-state index contributed by atoms with van der Waals surface area (Å²) in [6.07, 6.45) is 2.16. The Balaban J connectivity index is 0.00000300. The fourth-order valence-corrected chi connectivity index (χ4v) is 5.26. The Morgan fingerprint density at radius 2 is 1.79 bits per heavy atom. The first-order chi connectivity index (χ1) is 13.3. The molecule has 2 atom stereocenters. The second-order valence-electron chi connectivity index (χ2n) is 7.89. The van der Waals surface area contributed by atoms with Crippen LogP contribution >= 0.6 is 24.0 Å². The van der Waals surface area contributed by atoms with Crippen LogP contribution in [0.2, 0.25) is 0 Å². The van der Waals surface area contributed by atoms with Crippen LogP contribution < -0.4 is 10.6 Å². The topological polar surface area (TPSA) is 83.0 Å². The highest BCUT2D eigenvalue weighted by Gasteiger charge is 2.44. The van der Waals surface area contributed by atoms with Crippen molar-refractivity contribution >= 4 is 40.0 Å². The van der Waals surface area contributed by atoms with Gasteiger partial charge in [0, 0.05) is 38.6 Å². The molecule has 7 nitrogen and oxygen atoms in total. The number of hydrogen-bond donors (Lipinski definition) is 2. The Hall–Kier alpha value is -0.910. The SMILES string of the molecule is CN=C(NCCS(=O)(=O)N1CC(C)OC(C)C1)NCC1(c2ccccc2)CC1.I. The lowest BCUT2D eigenvalue weighted by atomic mass is 9.96. The summed E-state index contributed by atoms with van der Waals surface area (Å²) in [5, 5.41) is 6.50. The Morgan fingerprint density at radius 1 is 1.17 bits per heavy atom. The van der Waals surface area contributed by atoms with Crippen molar-refractivity contribution in [3.63, 3.8) is 0 Å². The minimum atomic E-state index is -3.32. The molecule has 0 radical (unpaired) electrons. The summed E-state index contributed by atoms with van der Waals surface area (Å²) in [7, 11) is -1.61. The minimum Gasteiger partial charge on any atom is -0.373 e. The Labute approximate surface area is 191 Å². The molecule has 1 heterocycles. The molecule has 1 aromatic carbocycles. The second-order valence-corrected chi connectivity index (χ2v) is 9.98. The molecule has 0 spiro atoms. The average molecular weight is 536 g/mol. The van der Waals surface area contributed by atoms with Crippen LogP contribution in [0.15, 0.2) is 35.3 Å². The number of ether oxygens (including phenoxy) is 1. The number of hydrogen-bond acceptors (Lipinski definition) is 4. The van der Waals surface area contributed by atoms with Gasteiger partial charge in [0.1, 0.15) is 0 Å². The van der Waals surface area contributed by atoms with Gasteiger partial charge in [0.2, 0.25) is 10.0 Å². The summed E-state index contributed by atoms with van der Waals surface area (Å²) in [4.78, 5) is 4.23. The third-order valence-corrected chi connectivity index (χ3v) is 7.29. The predicted molar refractivity (Wildman–Crippen MR) is 128 cm³/mol. The summed E-state index contributed by atoms with van der Waals surface area (Å²) >= 11 is 0. The van der Waals surface area contributed by atoms with E-state index in [4.69, 9.17) is 4.74 Å². The molecule has 0 bridgehead atoms. The number of rotatable bonds is 7. The van der Waals surface area contributed by atoms with Crippen molar-refractivity contribution in [2.45, 2.75) is 44.3 Å². The average Bonchev–Trinajstić information content (AvgIpc) is 3.45. The van der Waals surface area contributed by atoms with Gasteiger partial charge in [0.05, 0.1) is 18.0 Å². The van der Waals surface area contributed by atoms with E-state index in [-0.39, 0.29) is 47.4 Å². The fraction of sp³-hybridized carbons (Fsp3) is 0.650. The van der Waals surface area contributed by atoms with E-state index < -0.39 is 10.0 Å². The molecular weight excluding hydrogens is 503 g/mol. The molecule has 3 rings (SSSR count). The molecule has 1 saturated carbocycles. The van der Waals surface area contributed by atoms with Crippen LogP contribution in [0.4, 0.5) is 0 Å². The molecule has 29 heavy (non-hydrogen) atoms. The van der Waals surface area contributed by atoms with Crippen LogP contribution in [0.3, 0.4) is 0 Å². The fourth-order valence-electron chi connectivity index (χ4n) is 3.77. The number of morpholine rings is 1. The molecule has 1 aromatic rings. The number of guanidine groups is 1. The van der Waals surface area contributed by atoms with Gasteiger partial charge in [-0.15, -0.1) is 24.0 Å². The summed E-state index contributed by atoms with van der Waals surface area (Å²) in [6, 6.07) is 10.5. The normalized spacial score (nSPS) is 24.4. The summed E-state index contributed by atoms with van der Waals surface area (Å²) in [5.74, 6) is 0.679. The summed E-state index contributed by atoms with van der Waals surface area (Å²) < 4.78 is 32.4. The minimum absolute atomic E-state index is 0. The van der Waals surface area contributed by atoms with E-state index in [1.54, 1.807) is 7.05 Å². The number of benzene rings is 1. The van der Waals surface area contributed by atoms with E-state index in [1.165, 1.54) is 9.87 Å². The third-order valence-electron chi connectivity index (χ3n) is 5.49. The largest absolute Gasteiger partial charge is 0.373 e. The lowest BCUT2D eigenvalue weighted by Crippen LogP contribution is -2.50. The van der Waals surface area contributed by atoms with Crippen molar-refractivity contribution in [3.8, 4) is 0 Å². The summed E-state index contributed by atoms with van der Waals surface area (Å²) in [5.41, 5.74) is 1.52. The van der Waals surface area contributed by atoms with Crippen LogP contribution in [-0.4, -0.2) is 69.9 Å². The highest BCUT2D eigenvalue weighted by molar-refractivity contribution is 14.0. The number of halogens is 1. The van der Waals surface area contributed by atoms with E-state index in [0.29, 0.717) is 25.6 Å². The first kappa shape index (κ1) is 24.4. The number of nitrogens with zero attached hydrogens (tertiary/aromatic N) is 2. The van der Waals surface area contributed by atoms with Gasteiger partial charge in [-0.05, 0) is 32.3 Å². The van der Waals surface area contributed by atoms with Gasteiger partial charge < -0.3 is 15.4 Å². The van der Waals surface area contributed by atoms with Crippen molar-refractivity contribution in [1.82, 2.24) is 14.9 Å². The molecule has 1 aliphatic carbocycles. The molecule has 2 unspecified atom stereocenters. The summed E-state index contributed by atoms with van der Waals surface area (Å²) in [6.45, 7) is 5.76. The lowest BCUT2D eigenvalue weighted by molar-refractivity contribution is -0.0440. The predicted octanol–water partition coefficient (Wildman–Crippen LogP) is 1.94. The highest BCUT2D eigenvalue weighted by Crippen LogP contribution is 2.47. The van der Waals surface area contributed by atoms with E-state index in [1.807, 2.05) is 19.9 Å². The Bertz CT molecular complexity index is 774. The van der Waals surface area contributed by atoms with Crippen LogP contribution in [0.25, 0.3) is 0 Å². The molecule has 0 amide bonds. The molecule has 164 valence electrons. The molecule has 9 heteroatoms. The smallest absolute Gasteiger partial charge is 0.216 e. The zero-order chi connectivity index (χ0) is 20.2. The molecule has 0 aromatic heterocycles. The van der Waals surface area contributed by atoms with Crippen LogP contribution in [0, 0.1) is 0 Å². The number of nitrogens with one attached hydrogen (secondary N) is 2. The zero-order valence-electron chi connectivity index (χ0n) is 17.4. The first-order valence-corrected chi connectivity index (χ1v) is 11.6. The van der Waals surface area contributed by atoms with Gasteiger partial charge in [0.25, 0.3) is 0 Å². The Kier molecular flexibility index (Phi) is 8.74. The monoisotopic (exact) mass is 536 g/mol. The van der Waals surface area contributed by atoms with Crippen molar-refractivity contribution in [3.05, 3.63) is 35.9 Å². The van der Waals surface area contributed by atoms with Crippen LogP contribution in [-0.2, 0) is 20.2 Å². The van der Waals surface area contributed by atoms with Gasteiger partial charge in [0.15, 0.2) is 5.96 Å². The van der Waals surface area contributed by atoms with Crippen LogP contribution in [0.5, 0.6) is 0 Å². The van der Waals surface area contributed by atoms with E-state index in [0.717, 1.165) is 19.4 Å². The standard InChI is InChI=1S/C20H32N4O3S.HI/c1-16-13-24(14-17(2)27-16)28(25,26)12-11-22-19(21-3)23-15-20(9-10-20)18-7-5-4-6-8-18;/h4-8,16-17H,9-15H2,1-3H3,(H2,21,22,23);1H. The third kappa shape index (κ3) is 6.53. The Morgan fingerprint density at radius 3 is 2.34 bits per heavy atom.